The van der Waals surface area contributed by atoms with Crippen LogP contribution in [0.15, 0.2) is 0 Å². The molecule has 2 saturated heterocycles. The van der Waals surface area contributed by atoms with Crippen LogP contribution in [-0.4, -0.2) is 35.5 Å². The molecule has 0 aromatic heterocycles. The van der Waals surface area contributed by atoms with Crippen molar-refractivity contribution in [3.8, 4) is 0 Å². The number of nitrogens with one attached hydrogen (secondary N) is 1. The summed E-state index contributed by atoms with van der Waals surface area (Å²) in [5, 5.41) is 13.9. The minimum Gasteiger partial charge on any atom is -0.390 e. The summed E-state index contributed by atoms with van der Waals surface area (Å²) in [6.07, 6.45) is 6.31. The van der Waals surface area contributed by atoms with E-state index in [1.807, 2.05) is 0 Å². The average Bonchev–Trinajstić information content (AvgIpc) is 3.16. The Balaban J connectivity index is 1.79. The Kier molecular flexibility index (Phi) is 4.35. The maximum absolute atomic E-state index is 10.4. The molecule has 2 aliphatic rings. The van der Waals surface area contributed by atoms with Crippen LogP contribution in [0.2, 0.25) is 0 Å². The summed E-state index contributed by atoms with van der Waals surface area (Å²) in [6.45, 7) is 8.40. The zero-order valence-electron chi connectivity index (χ0n) is 12.2. The molecule has 0 saturated carbocycles. The Morgan fingerprint density at radius 1 is 1.39 bits per heavy atom. The van der Waals surface area contributed by atoms with E-state index in [9.17, 15) is 5.11 Å². The standard InChI is InChI=1S/C15H29NO2/c1-4-15(17,5-2)8-6-12-7-9-16-13(10-12)14(3)11-18-14/h12-13,16-17H,4-11H2,1-3H3/t12-,13+,14?/m1/s1. The topological polar surface area (TPSA) is 44.8 Å². The van der Waals surface area contributed by atoms with Crippen molar-refractivity contribution in [3.63, 3.8) is 0 Å². The minimum atomic E-state index is -0.430. The third-order valence-corrected chi connectivity index (χ3v) is 5.18. The molecule has 0 radical (unpaired) electrons. The highest BCUT2D eigenvalue weighted by molar-refractivity contribution is 5.01. The summed E-state index contributed by atoms with van der Waals surface area (Å²) in [5.74, 6) is 0.752. The van der Waals surface area contributed by atoms with Crippen molar-refractivity contribution >= 4 is 0 Å². The summed E-state index contributed by atoms with van der Waals surface area (Å²) in [4.78, 5) is 0. The van der Waals surface area contributed by atoms with E-state index in [1.165, 1.54) is 12.8 Å². The highest BCUT2D eigenvalue weighted by Gasteiger charge is 2.48. The second-order valence-corrected chi connectivity index (χ2v) is 6.47. The molecule has 2 aliphatic heterocycles. The van der Waals surface area contributed by atoms with Crippen molar-refractivity contribution in [2.45, 2.75) is 76.5 Å². The van der Waals surface area contributed by atoms with Crippen LogP contribution in [0.5, 0.6) is 0 Å². The van der Waals surface area contributed by atoms with Crippen LogP contribution < -0.4 is 5.32 Å². The Morgan fingerprint density at radius 2 is 2.06 bits per heavy atom. The Morgan fingerprint density at radius 3 is 2.61 bits per heavy atom. The lowest BCUT2D eigenvalue weighted by Crippen LogP contribution is -2.47. The molecule has 18 heavy (non-hydrogen) atoms. The molecular weight excluding hydrogens is 226 g/mol. The van der Waals surface area contributed by atoms with Gasteiger partial charge in [-0.3, -0.25) is 0 Å². The van der Waals surface area contributed by atoms with Gasteiger partial charge in [0.05, 0.1) is 12.2 Å². The molecule has 3 atom stereocenters. The number of ether oxygens (including phenoxy) is 1. The number of rotatable bonds is 6. The molecule has 3 heteroatoms. The first kappa shape index (κ1) is 14.3. The van der Waals surface area contributed by atoms with E-state index in [1.54, 1.807) is 0 Å². The molecule has 2 N–H and O–H groups in total. The number of hydrogen-bond acceptors (Lipinski definition) is 3. The second-order valence-electron chi connectivity index (χ2n) is 6.47. The quantitative estimate of drug-likeness (QED) is 0.717. The zero-order valence-corrected chi connectivity index (χ0v) is 12.2. The van der Waals surface area contributed by atoms with Gasteiger partial charge in [-0.05, 0) is 57.9 Å². The van der Waals surface area contributed by atoms with E-state index >= 15 is 0 Å². The molecular formula is C15H29NO2. The van der Waals surface area contributed by atoms with Crippen LogP contribution in [0, 0.1) is 5.92 Å². The fraction of sp³-hybridized carbons (Fsp3) is 1.00. The van der Waals surface area contributed by atoms with Crippen molar-refractivity contribution in [2.24, 2.45) is 5.92 Å². The fourth-order valence-electron chi connectivity index (χ4n) is 3.11. The largest absolute Gasteiger partial charge is 0.390 e. The molecule has 0 aromatic rings. The summed E-state index contributed by atoms with van der Waals surface area (Å²) in [7, 11) is 0. The Hall–Kier alpha value is -0.120. The van der Waals surface area contributed by atoms with Gasteiger partial charge in [0.2, 0.25) is 0 Å². The van der Waals surface area contributed by atoms with E-state index < -0.39 is 5.60 Å². The monoisotopic (exact) mass is 255 g/mol. The minimum absolute atomic E-state index is 0.102. The van der Waals surface area contributed by atoms with Crippen LogP contribution in [0.1, 0.15) is 59.3 Å². The molecule has 0 aromatic carbocycles. The first-order valence-corrected chi connectivity index (χ1v) is 7.61. The van der Waals surface area contributed by atoms with Gasteiger partial charge in [0.25, 0.3) is 0 Å². The van der Waals surface area contributed by atoms with Gasteiger partial charge in [0, 0.05) is 6.04 Å². The predicted octanol–water partition coefficient (Wildman–Crippen LogP) is 2.47. The average molecular weight is 255 g/mol. The zero-order chi connectivity index (χ0) is 13.2. The maximum Gasteiger partial charge on any atom is 0.104 e. The van der Waals surface area contributed by atoms with Gasteiger partial charge in [-0.1, -0.05) is 13.8 Å². The van der Waals surface area contributed by atoms with Crippen molar-refractivity contribution < 1.29 is 9.84 Å². The van der Waals surface area contributed by atoms with Crippen molar-refractivity contribution in [1.29, 1.82) is 0 Å². The van der Waals surface area contributed by atoms with Gasteiger partial charge in [-0.25, -0.2) is 0 Å². The first-order chi connectivity index (χ1) is 8.51. The van der Waals surface area contributed by atoms with E-state index in [2.05, 4.69) is 26.1 Å². The molecule has 2 heterocycles. The molecule has 3 nitrogen and oxygen atoms in total. The second kappa shape index (κ2) is 5.48. The summed E-state index contributed by atoms with van der Waals surface area (Å²) in [5.41, 5.74) is -0.329. The predicted molar refractivity (Wildman–Crippen MR) is 73.6 cm³/mol. The molecule has 2 fully saturated rings. The normalized spacial score (nSPS) is 36.7. The summed E-state index contributed by atoms with van der Waals surface area (Å²) >= 11 is 0. The van der Waals surface area contributed by atoms with Crippen molar-refractivity contribution in [3.05, 3.63) is 0 Å². The lowest BCUT2D eigenvalue weighted by atomic mass is 9.80. The van der Waals surface area contributed by atoms with E-state index in [0.717, 1.165) is 44.8 Å². The Labute approximate surface area is 111 Å². The van der Waals surface area contributed by atoms with Gasteiger partial charge in [-0.2, -0.15) is 0 Å². The lowest BCUT2D eigenvalue weighted by Gasteiger charge is -2.34. The van der Waals surface area contributed by atoms with E-state index in [4.69, 9.17) is 4.74 Å². The number of epoxide rings is 1. The van der Waals surface area contributed by atoms with Gasteiger partial charge in [-0.15, -0.1) is 0 Å². The van der Waals surface area contributed by atoms with Crippen molar-refractivity contribution in [1.82, 2.24) is 5.32 Å². The van der Waals surface area contributed by atoms with Crippen LogP contribution >= 0.6 is 0 Å². The molecule has 1 unspecified atom stereocenters. The molecule has 0 amide bonds. The van der Waals surface area contributed by atoms with Gasteiger partial charge in [0.15, 0.2) is 0 Å². The Bertz CT molecular complexity index is 272. The van der Waals surface area contributed by atoms with Crippen LogP contribution in [0.3, 0.4) is 0 Å². The third-order valence-electron chi connectivity index (χ3n) is 5.18. The van der Waals surface area contributed by atoms with E-state index in [-0.39, 0.29) is 5.60 Å². The molecule has 106 valence electrons. The first-order valence-electron chi connectivity index (χ1n) is 7.61. The third kappa shape index (κ3) is 3.25. The number of piperidine rings is 1. The van der Waals surface area contributed by atoms with Gasteiger partial charge in [0.1, 0.15) is 5.60 Å². The highest BCUT2D eigenvalue weighted by Crippen LogP contribution is 2.37. The highest BCUT2D eigenvalue weighted by atomic mass is 16.6. The van der Waals surface area contributed by atoms with Crippen LogP contribution in [-0.2, 0) is 4.74 Å². The number of hydrogen-bond donors (Lipinski definition) is 2. The van der Waals surface area contributed by atoms with Crippen LogP contribution in [0.25, 0.3) is 0 Å². The lowest BCUT2D eigenvalue weighted by molar-refractivity contribution is 0.0148. The molecule has 0 aliphatic carbocycles. The van der Waals surface area contributed by atoms with Crippen molar-refractivity contribution in [2.75, 3.05) is 13.2 Å². The SMILES string of the molecule is CCC(O)(CC)CC[C@@H]1CCN[C@H](C2(C)CO2)C1. The van der Waals surface area contributed by atoms with Gasteiger partial charge >= 0.3 is 0 Å². The van der Waals surface area contributed by atoms with Crippen LogP contribution in [0.4, 0.5) is 0 Å². The molecule has 0 bridgehead atoms. The molecule has 2 rings (SSSR count). The van der Waals surface area contributed by atoms with Gasteiger partial charge < -0.3 is 15.2 Å². The summed E-state index contributed by atoms with van der Waals surface area (Å²) in [6, 6.07) is 0.521. The molecule has 0 spiro atoms. The smallest absolute Gasteiger partial charge is 0.104 e. The summed E-state index contributed by atoms with van der Waals surface area (Å²) < 4.78 is 5.56. The number of aliphatic hydroxyl groups is 1. The maximum atomic E-state index is 10.4. The van der Waals surface area contributed by atoms with E-state index in [0.29, 0.717) is 6.04 Å². The fourth-order valence-corrected chi connectivity index (χ4v) is 3.11.